The van der Waals surface area contributed by atoms with E-state index in [1.807, 2.05) is 73.7 Å². The molecule has 9 heteroatoms. The highest BCUT2D eigenvalue weighted by Gasteiger charge is 2.20. The molecule has 4 aromatic heterocycles. The summed E-state index contributed by atoms with van der Waals surface area (Å²) in [6.45, 7) is 2.25. The minimum absolute atomic E-state index is 0.0434. The number of rotatable bonds is 6. The first-order valence-corrected chi connectivity index (χ1v) is 13.1. The molecule has 2 aromatic carbocycles. The minimum Gasteiger partial charge on any atom is -0.351 e. The summed E-state index contributed by atoms with van der Waals surface area (Å²) in [7, 11) is 0. The molecule has 0 saturated heterocycles. The Bertz CT molecular complexity index is 1960. The number of nitrogens with zero attached hydrogens (tertiary/aromatic N) is 4. The van der Waals surface area contributed by atoms with Crippen LogP contribution in [0.3, 0.4) is 0 Å². The second kappa shape index (κ2) is 10.7. The van der Waals surface area contributed by atoms with Crippen molar-refractivity contribution in [3.8, 4) is 22.5 Å². The number of amides is 1. The Morgan fingerprint density at radius 3 is 2.55 bits per heavy atom. The molecule has 6 aromatic rings. The molecule has 4 heterocycles. The van der Waals surface area contributed by atoms with E-state index >= 15 is 0 Å². The summed E-state index contributed by atoms with van der Waals surface area (Å²) in [5.74, 6) is -0.494. The highest BCUT2D eigenvalue weighted by molar-refractivity contribution is 6.35. The van der Waals surface area contributed by atoms with Gasteiger partial charge in [-0.2, -0.15) is 0 Å². The van der Waals surface area contributed by atoms with Crippen molar-refractivity contribution in [2.45, 2.75) is 13.3 Å². The fourth-order valence-corrected chi connectivity index (χ4v) is 4.89. The molecule has 0 unspecified atom stereocenters. The fraction of sp³-hybridized carbons (Fsp3) is 0.0968. The number of aromatic amines is 1. The fourth-order valence-electron chi connectivity index (χ4n) is 4.62. The molecule has 196 valence electrons. The van der Waals surface area contributed by atoms with Gasteiger partial charge in [0.25, 0.3) is 5.91 Å². The van der Waals surface area contributed by atoms with E-state index < -0.39 is 11.3 Å². The molecule has 8 nitrogen and oxygen atoms in total. The van der Waals surface area contributed by atoms with Gasteiger partial charge in [0.05, 0.1) is 21.9 Å². The number of carbonyl (C=O) groups excluding carboxylic acids is 1. The second-order valence-corrected chi connectivity index (χ2v) is 9.73. The van der Waals surface area contributed by atoms with Crippen LogP contribution in [0.15, 0.2) is 90.0 Å². The molecule has 0 aliphatic carbocycles. The Kier molecular flexibility index (Phi) is 6.76. The Morgan fingerprint density at radius 1 is 0.900 bits per heavy atom. The maximum Gasteiger partial charge on any atom is 0.256 e. The quantitative estimate of drug-likeness (QED) is 0.284. The zero-order valence-corrected chi connectivity index (χ0v) is 22.2. The molecule has 0 fully saturated rings. The monoisotopic (exact) mass is 546 g/mol. The molecule has 0 aliphatic heterocycles. The first-order valence-electron chi connectivity index (χ1n) is 12.7. The summed E-state index contributed by atoms with van der Waals surface area (Å²) in [5.41, 5.74) is 4.77. The van der Waals surface area contributed by atoms with Gasteiger partial charge in [0, 0.05) is 53.3 Å². The first kappa shape index (κ1) is 25.3. The molecule has 0 atom stereocenters. The molecule has 0 bridgehead atoms. The molecule has 0 radical (unpaired) electrons. The van der Waals surface area contributed by atoms with E-state index in [1.54, 1.807) is 12.3 Å². The van der Waals surface area contributed by atoms with E-state index in [4.69, 9.17) is 21.6 Å². The molecule has 1 amide bonds. The predicted molar refractivity (Wildman–Crippen MR) is 156 cm³/mol. The lowest BCUT2D eigenvalue weighted by atomic mass is 10.0. The highest BCUT2D eigenvalue weighted by atomic mass is 35.5. The number of aryl methyl sites for hydroxylation is 1. The van der Waals surface area contributed by atoms with Crippen LogP contribution in [0.2, 0.25) is 5.02 Å². The Labute approximate surface area is 234 Å². The van der Waals surface area contributed by atoms with Gasteiger partial charge in [-0.05, 0) is 37.3 Å². The number of pyridine rings is 3. The van der Waals surface area contributed by atoms with E-state index in [0.717, 1.165) is 22.3 Å². The molecule has 0 spiro atoms. The molecule has 40 heavy (non-hydrogen) atoms. The zero-order chi connectivity index (χ0) is 27.6. The van der Waals surface area contributed by atoms with Crippen LogP contribution in [-0.2, 0) is 6.42 Å². The number of hydrogen-bond donors (Lipinski definition) is 2. The van der Waals surface area contributed by atoms with Crippen molar-refractivity contribution in [1.82, 2.24) is 30.2 Å². The third-order valence-corrected chi connectivity index (χ3v) is 6.83. The van der Waals surface area contributed by atoms with Crippen molar-refractivity contribution in [3.63, 3.8) is 0 Å². The first-order chi connectivity index (χ1) is 19.5. The largest absolute Gasteiger partial charge is 0.351 e. The van der Waals surface area contributed by atoms with Gasteiger partial charge >= 0.3 is 0 Å². The number of nitrogens with one attached hydrogen (secondary N) is 2. The van der Waals surface area contributed by atoms with Gasteiger partial charge in [-0.1, -0.05) is 54.1 Å². The van der Waals surface area contributed by atoms with Crippen molar-refractivity contribution < 1.29 is 4.79 Å². The van der Waals surface area contributed by atoms with Gasteiger partial charge in [0.1, 0.15) is 5.56 Å². The minimum atomic E-state index is -0.512. The normalized spacial score (nSPS) is 11.2. The molecule has 6 rings (SSSR count). The van der Waals surface area contributed by atoms with E-state index in [0.29, 0.717) is 40.5 Å². The van der Waals surface area contributed by atoms with Crippen molar-refractivity contribution in [2.24, 2.45) is 0 Å². The number of carbonyl (C=O) groups is 1. The van der Waals surface area contributed by atoms with Crippen LogP contribution in [0.25, 0.3) is 44.6 Å². The Hall–Kier alpha value is -4.95. The van der Waals surface area contributed by atoms with Crippen LogP contribution in [0.4, 0.5) is 0 Å². The number of H-pyrrole nitrogens is 1. The van der Waals surface area contributed by atoms with Gasteiger partial charge in [0.2, 0.25) is 5.43 Å². The summed E-state index contributed by atoms with van der Waals surface area (Å²) in [6, 6.07) is 22.7. The Balaban J connectivity index is 1.42. The van der Waals surface area contributed by atoms with Crippen molar-refractivity contribution >= 4 is 39.6 Å². The maximum atomic E-state index is 13.5. The Morgan fingerprint density at radius 2 is 1.73 bits per heavy atom. The van der Waals surface area contributed by atoms with Crippen molar-refractivity contribution in [2.75, 3.05) is 6.54 Å². The van der Waals surface area contributed by atoms with Gasteiger partial charge in [-0.15, -0.1) is 0 Å². The van der Waals surface area contributed by atoms with Crippen molar-refractivity contribution in [1.29, 1.82) is 0 Å². The van der Waals surface area contributed by atoms with Crippen LogP contribution < -0.4 is 10.7 Å². The van der Waals surface area contributed by atoms with Gasteiger partial charge in [-0.25, -0.2) is 9.97 Å². The van der Waals surface area contributed by atoms with Crippen LogP contribution in [0.1, 0.15) is 21.7 Å². The number of fused-ring (bicyclic) bond motifs is 2. The second-order valence-electron chi connectivity index (χ2n) is 9.32. The van der Waals surface area contributed by atoms with Gasteiger partial charge < -0.3 is 10.3 Å². The summed E-state index contributed by atoms with van der Waals surface area (Å²) in [4.78, 5) is 47.9. The van der Waals surface area contributed by atoms with E-state index in [2.05, 4.69) is 20.3 Å². The zero-order valence-electron chi connectivity index (χ0n) is 21.5. The number of benzene rings is 2. The topological polar surface area (TPSA) is 114 Å². The summed E-state index contributed by atoms with van der Waals surface area (Å²) >= 11 is 6.59. The average molecular weight is 547 g/mol. The lowest BCUT2D eigenvalue weighted by Gasteiger charge is -2.12. The molecule has 2 N–H and O–H groups in total. The van der Waals surface area contributed by atoms with Gasteiger partial charge in [0.15, 0.2) is 11.2 Å². The maximum absolute atomic E-state index is 13.5. The summed E-state index contributed by atoms with van der Waals surface area (Å²) < 4.78 is 0. The van der Waals surface area contributed by atoms with E-state index in [1.165, 1.54) is 6.20 Å². The molecular weight excluding hydrogens is 524 g/mol. The third kappa shape index (κ3) is 4.92. The predicted octanol–water partition coefficient (Wildman–Crippen LogP) is 5.53. The van der Waals surface area contributed by atoms with E-state index in [9.17, 15) is 9.59 Å². The number of aromatic nitrogens is 5. The standard InChI is InChI=1S/C31H23ClN6O2/c1-18-7-5-11-22(36-18)12-14-34-31(40)23-17-35-30-28(29(23)39)37-27(26(38-30)19-8-3-2-4-9-19)21-15-20-10-6-13-33-25(20)24(32)16-21/h2-11,13,15-17H,12,14H2,1H3,(H,34,40)(H,35,38,39). The van der Waals surface area contributed by atoms with Crippen molar-refractivity contribution in [3.05, 3.63) is 117 Å². The van der Waals surface area contributed by atoms with E-state index in [-0.39, 0.29) is 16.7 Å². The SMILES string of the molecule is Cc1cccc(CCNC(=O)c2c[nH]c3nc(-c4ccccc4)c(-c4cc(Cl)c5ncccc5c4)nc3c2=O)n1. The molecular formula is C31H23ClN6O2. The number of hydrogen-bond acceptors (Lipinski definition) is 6. The number of halogens is 1. The summed E-state index contributed by atoms with van der Waals surface area (Å²) in [5, 5.41) is 4.10. The van der Waals surface area contributed by atoms with Gasteiger partial charge in [-0.3, -0.25) is 19.6 Å². The lowest BCUT2D eigenvalue weighted by molar-refractivity contribution is 0.0953. The molecule has 0 saturated carbocycles. The summed E-state index contributed by atoms with van der Waals surface area (Å²) in [6.07, 6.45) is 3.61. The highest BCUT2D eigenvalue weighted by Crippen LogP contribution is 2.34. The average Bonchev–Trinajstić information content (AvgIpc) is 2.97. The molecule has 0 aliphatic rings. The van der Waals surface area contributed by atoms with Crippen LogP contribution >= 0.6 is 11.6 Å². The lowest BCUT2D eigenvalue weighted by Crippen LogP contribution is -2.31. The van der Waals surface area contributed by atoms with Crippen LogP contribution in [0.5, 0.6) is 0 Å². The smallest absolute Gasteiger partial charge is 0.256 e. The van der Waals surface area contributed by atoms with Crippen LogP contribution in [-0.4, -0.2) is 37.4 Å². The third-order valence-electron chi connectivity index (χ3n) is 6.55. The van der Waals surface area contributed by atoms with Crippen LogP contribution in [0, 0.1) is 6.92 Å².